The van der Waals surface area contributed by atoms with Gasteiger partial charge in [-0.25, -0.2) is 4.98 Å². The first-order valence-corrected chi connectivity index (χ1v) is 9.98. The number of hydrogen-bond acceptors (Lipinski definition) is 6. The van der Waals surface area contributed by atoms with Crippen molar-refractivity contribution < 1.29 is 9.53 Å². The van der Waals surface area contributed by atoms with Crippen LogP contribution in [0.1, 0.15) is 30.7 Å². The van der Waals surface area contributed by atoms with E-state index in [9.17, 15) is 4.79 Å². The Kier molecular flexibility index (Phi) is 5.13. The van der Waals surface area contributed by atoms with Gasteiger partial charge in [0.05, 0.1) is 6.10 Å². The maximum atomic E-state index is 12.6. The van der Waals surface area contributed by atoms with Crippen molar-refractivity contribution in [2.24, 2.45) is 5.92 Å². The fourth-order valence-corrected chi connectivity index (χ4v) is 4.23. The summed E-state index contributed by atoms with van der Waals surface area (Å²) in [6, 6.07) is 8.03. The van der Waals surface area contributed by atoms with Crippen molar-refractivity contribution in [1.29, 1.82) is 0 Å². The molecule has 1 amide bonds. The Morgan fingerprint density at radius 1 is 1.15 bits per heavy atom. The predicted octanol–water partition coefficient (Wildman–Crippen LogP) is 4.21. The normalized spacial score (nSPS) is 19.9. The van der Waals surface area contributed by atoms with Gasteiger partial charge in [0.15, 0.2) is 0 Å². The van der Waals surface area contributed by atoms with Crippen molar-refractivity contribution in [3.63, 3.8) is 0 Å². The second-order valence-electron chi connectivity index (χ2n) is 6.96. The van der Waals surface area contributed by atoms with E-state index in [1.54, 1.807) is 24.6 Å². The maximum Gasteiger partial charge on any atom is 0.228 e. The monoisotopic (exact) mass is 382 g/mol. The van der Waals surface area contributed by atoms with E-state index in [-0.39, 0.29) is 17.9 Å². The Morgan fingerprint density at radius 3 is 2.67 bits per heavy atom. The van der Waals surface area contributed by atoms with E-state index in [2.05, 4.69) is 26.6 Å². The molecule has 4 rings (SSSR count). The lowest BCUT2D eigenvalue weighted by Crippen LogP contribution is -2.29. The maximum absolute atomic E-state index is 12.6. The summed E-state index contributed by atoms with van der Waals surface area (Å²) in [4.78, 5) is 17.0. The van der Waals surface area contributed by atoms with Gasteiger partial charge in [-0.3, -0.25) is 4.79 Å². The first-order valence-electron chi connectivity index (χ1n) is 9.16. The number of fused-ring (bicyclic) bond motifs is 1. The van der Waals surface area contributed by atoms with E-state index in [0.29, 0.717) is 5.82 Å². The molecule has 0 radical (unpaired) electrons. The molecule has 0 saturated heterocycles. The Morgan fingerprint density at radius 2 is 1.96 bits per heavy atom. The number of carbonyl (C=O) groups excluding carboxylic acids is 1. The van der Waals surface area contributed by atoms with Crippen LogP contribution in [-0.2, 0) is 9.53 Å². The number of hydrogen-bond donors (Lipinski definition) is 1. The average Bonchev–Trinajstić information content (AvgIpc) is 3.14. The van der Waals surface area contributed by atoms with Gasteiger partial charge in [0, 0.05) is 30.2 Å². The fraction of sp³-hybridized carbons (Fsp3) is 0.400. The molecule has 7 heteroatoms. The van der Waals surface area contributed by atoms with Crippen molar-refractivity contribution in [1.82, 2.24) is 15.2 Å². The zero-order valence-electron chi connectivity index (χ0n) is 15.4. The standard InChI is InChI=1S/C20H22N4O2S/c1-12-23-24-20(27-12)14-3-4-15-11-21-18(10-16(15)9-14)22-19(25)13-5-7-17(26-2)8-6-13/h3-4,9-11,13,17H,5-8H2,1-2H3,(H,21,22,25). The minimum atomic E-state index is 0.0320. The van der Waals surface area contributed by atoms with E-state index < -0.39 is 0 Å². The summed E-state index contributed by atoms with van der Waals surface area (Å²) in [6.07, 6.45) is 5.67. The minimum absolute atomic E-state index is 0.0320. The molecule has 1 aliphatic carbocycles. The molecule has 3 aromatic rings. The van der Waals surface area contributed by atoms with Gasteiger partial charge in [-0.15, -0.1) is 10.2 Å². The number of ether oxygens (including phenoxy) is 1. The van der Waals surface area contributed by atoms with Crippen LogP contribution in [0, 0.1) is 12.8 Å². The SMILES string of the molecule is COC1CCC(C(=O)Nc2cc3cc(-c4nnc(C)s4)ccc3cn2)CC1. The Hall–Kier alpha value is -2.38. The van der Waals surface area contributed by atoms with Crippen LogP contribution in [-0.4, -0.2) is 34.3 Å². The number of rotatable bonds is 4. The molecule has 0 bridgehead atoms. The van der Waals surface area contributed by atoms with E-state index >= 15 is 0 Å². The third-order valence-corrected chi connectivity index (χ3v) is 6.01. The quantitative estimate of drug-likeness (QED) is 0.731. The van der Waals surface area contributed by atoms with Crippen LogP contribution in [0.5, 0.6) is 0 Å². The van der Waals surface area contributed by atoms with Gasteiger partial charge in [0.2, 0.25) is 5.91 Å². The summed E-state index contributed by atoms with van der Waals surface area (Å²) < 4.78 is 5.38. The summed E-state index contributed by atoms with van der Waals surface area (Å²) in [5, 5.41) is 15.2. The second-order valence-corrected chi connectivity index (χ2v) is 8.14. The van der Waals surface area contributed by atoms with E-state index in [4.69, 9.17) is 4.74 Å². The molecule has 6 nitrogen and oxygen atoms in total. The van der Waals surface area contributed by atoms with Crippen LogP contribution < -0.4 is 5.32 Å². The van der Waals surface area contributed by atoms with E-state index in [1.165, 1.54) is 0 Å². The number of nitrogens with one attached hydrogen (secondary N) is 1. The van der Waals surface area contributed by atoms with Crippen molar-refractivity contribution in [3.05, 3.63) is 35.5 Å². The summed E-state index contributed by atoms with van der Waals surface area (Å²) in [5.74, 6) is 0.670. The van der Waals surface area contributed by atoms with E-state index in [0.717, 1.165) is 52.0 Å². The molecule has 0 unspecified atom stereocenters. The van der Waals surface area contributed by atoms with Crippen LogP contribution in [0.15, 0.2) is 30.5 Å². The first kappa shape index (κ1) is 18.0. The van der Waals surface area contributed by atoms with Crippen LogP contribution in [0.25, 0.3) is 21.3 Å². The molecule has 0 spiro atoms. The molecule has 2 heterocycles. The number of aryl methyl sites for hydroxylation is 1. The zero-order chi connectivity index (χ0) is 18.8. The Balaban J connectivity index is 1.51. The minimum Gasteiger partial charge on any atom is -0.381 e. The Bertz CT molecular complexity index is 964. The molecular weight excluding hydrogens is 360 g/mol. The van der Waals surface area contributed by atoms with Crippen LogP contribution >= 0.6 is 11.3 Å². The lowest BCUT2D eigenvalue weighted by molar-refractivity contribution is -0.121. The fourth-order valence-electron chi connectivity index (χ4n) is 3.54. The number of carbonyl (C=O) groups is 1. The highest BCUT2D eigenvalue weighted by molar-refractivity contribution is 7.14. The number of benzene rings is 1. The molecule has 2 aromatic heterocycles. The zero-order valence-corrected chi connectivity index (χ0v) is 16.3. The van der Waals surface area contributed by atoms with Crippen molar-refractivity contribution in [2.75, 3.05) is 12.4 Å². The summed E-state index contributed by atoms with van der Waals surface area (Å²) in [7, 11) is 1.74. The molecule has 27 heavy (non-hydrogen) atoms. The molecule has 140 valence electrons. The molecule has 1 fully saturated rings. The smallest absolute Gasteiger partial charge is 0.228 e. The number of aromatic nitrogens is 3. The largest absolute Gasteiger partial charge is 0.381 e. The summed E-state index contributed by atoms with van der Waals surface area (Å²) in [5.41, 5.74) is 1.02. The first-order chi connectivity index (χ1) is 13.1. The molecule has 1 aliphatic rings. The van der Waals surface area contributed by atoms with Gasteiger partial charge in [-0.05, 0) is 50.1 Å². The third kappa shape index (κ3) is 3.99. The van der Waals surface area contributed by atoms with Crippen LogP contribution in [0.3, 0.4) is 0 Å². The van der Waals surface area contributed by atoms with Gasteiger partial charge < -0.3 is 10.1 Å². The third-order valence-electron chi connectivity index (χ3n) is 5.12. The molecule has 0 atom stereocenters. The highest BCUT2D eigenvalue weighted by Gasteiger charge is 2.26. The number of methoxy groups -OCH3 is 1. The highest BCUT2D eigenvalue weighted by Crippen LogP contribution is 2.29. The van der Waals surface area contributed by atoms with Gasteiger partial charge in [-0.2, -0.15) is 0 Å². The molecule has 1 aromatic carbocycles. The topological polar surface area (TPSA) is 77.0 Å². The number of amides is 1. The number of nitrogens with zero attached hydrogens (tertiary/aromatic N) is 3. The lowest BCUT2D eigenvalue weighted by Gasteiger charge is -2.26. The van der Waals surface area contributed by atoms with Gasteiger partial charge in [-0.1, -0.05) is 23.5 Å². The summed E-state index contributed by atoms with van der Waals surface area (Å²) >= 11 is 1.57. The second kappa shape index (κ2) is 7.70. The predicted molar refractivity (Wildman–Crippen MR) is 107 cm³/mol. The number of pyridine rings is 1. The van der Waals surface area contributed by atoms with Crippen molar-refractivity contribution in [3.8, 4) is 10.6 Å². The highest BCUT2D eigenvalue weighted by atomic mass is 32.1. The average molecular weight is 382 g/mol. The summed E-state index contributed by atoms with van der Waals surface area (Å²) in [6.45, 7) is 1.94. The molecule has 1 saturated carbocycles. The van der Waals surface area contributed by atoms with E-state index in [1.807, 2.05) is 25.1 Å². The Labute approximate surface area is 162 Å². The molecule has 1 N–H and O–H groups in total. The van der Waals surface area contributed by atoms with Crippen LogP contribution in [0.4, 0.5) is 5.82 Å². The number of anilines is 1. The van der Waals surface area contributed by atoms with Gasteiger partial charge >= 0.3 is 0 Å². The molecule has 0 aliphatic heterocycles. The van der Waals surface area contributed by atoms with Crippen molar-refractivity contribution >= 4 is 33.8 Å². The molecular formula is C20H22N4O2S. The van der Waals surface area contributed by atoms with Gasteiger partial charge in [0.25, 0.3) is 0 Å². The van der Waals surface area contributed by atoms with Crippen molar-refractivity contribution in [2.45, 2.75) is 38.7 Å². The van der Waals surface area contributed by atoms with Gasteiger partial charge in [0.1, 0.15) is 15.8 Å². The van der Waals surface area contributed by atoms with Crippen LogP contribution in [0.2, 0.25) is 0 Å². The lowest BCUT2D eigenvalue weighted by atomic mass is 9.87.